The molecule has 0 radical (unpaired) electrons. The number of carbonyl (C=O) groups is 1. The first-order chi connectivity index (χ1) is 8.31. The van der Waals surface area contributed by atoms with Gasteiger partial charge in [-0.1, -0.05) is 6.58 Å². The maximum atomic E-state index is 10.3. The van der Waals surface area contributed by atoms with Crippen LogP contribution in [0.25, 0.3) is 0 Å². The third-order valence-corrected chi connectivity index (χ3v) is 3.56. The van der Waals surface area contributed by atoms with Gasteiger partial charge in [-0.05, 0) is 37.7 Å². The number of carbonyl (C=O) groups excluding carboxylic acids is 1. The normalized spacial score (nSPS) is 33.6. The Balaban J connectivity index is 1.72. The fourth-order valence-electron chi connectivity index (χ4n) is 2.47. The summed E-state index contributed by atoms with van der Waals surface area (Å²) in [5, 5.41) is 0. The summed E-state index contributed by atoms with van der Waals surface area (Å²) in [5.41, 5.74) is 0.980. The van der Waals surface area contributed by atoms with Gasteiger partial charge < -0.3 is 14.2 Å². The van der Waals surface area contributed by atoms with E-state index in [-0.39, 0.29) is 12.4 Å². The van der Waals surface area contributed by atoms with Crippen molar-refractivity contribution >= 4 is 6.47 Å². The molecule has 0 aromatic heterocycles. The van der Waals surface area contributed by atoms with E-state index in [0.29, 0.717) is 19.0 Å². The van der Waals surface area contributed by atoms with Gasteiger partial charge in [-0.15, -0.1) is 0 Å². The van der Waals surface area contributed by atoms with Gasteiger partial charge in [0.2, 0.25) is 0 Å². The van der Waals surface area contributed by atoms with E-state index in [4.69, 9.17) is 14.2 Å². The molecule has 2 aliphatic rings. The summed E-state index contributed by atoms with van der Waals surface area (Å²) < 4.78 is 16.2. The summed E-state index contributed by atoms with van der Waals surface area (Å²) in [6.45, 7) is 5.92. The minimum atomic E-state index is -0.117. The van der Waals surface area contributed by atoms with Crippen LogP contribution in [0.15, 0.2) is 12.2 Å². The SMILES string of the molecule is C=C1C(COC2CCCCO2)CCC1OC=O. The minimum Gasteiger partial charge on any atom is -0.460 e. The van der Waals surface area contributed by atoms with E-state index < -0.39 is 0 Å². The zero-order chi connectivity index (χ0) is 12.1. The predicted octanol–water partition coefficient (Wildman–Crippen LogP) is 2.04. The molecule has 1 aliphatic heterocycles. The summed E-state index contributed by atoms with van der Waals surface area (Å²) in [6.07, 6.45) is 4.95. The molecule has 4 nitrogen and oxygen atoms in total. The van der Waals surface area contributed by atoms with E-state index in [1.54, 1.807) is 0 Å². The Bertz CT molecular complexity index is 271. The van der Waals surface area contributed by atoms with Crippen LogP contribution in [0.1, 0.15) is 32.1 Å². The molecule has 0 bridgehead atoms. The molecule has 2 fully saturated rings. The topological polar surface area (TPSA) is 44.8 Å². The number of hydrogen-bond donors (Lipinski definition) is 0. The van der Waals surface area contributed by atoms with Gasteiger partial charge in [-0.3, -0.25) is 4.79 Å². The lowest BCUT2D eigenvalue weighted by molar-refractivity contribution is -0.167. The second kappa shape index (κ2) is 6.17. The van der Waals surface area contributed by atoms with Crippen LogP contribution < -0.4 is 0 Å². The third-order valence-electron chi connectivity index (χ3n) is 3.56. The first kappa shape index (κ1) is 12.6. The molecule has 3 atom stereocenters. The van der Waals surface area contributed by atoms with Crippen molar-refractivity contribution in [1.29, 1.82) is 0 Å². The molecule has 1 saturated heterocycles. The summed E-state index contributed by atoms with van der Waals surface area (Å²) in [6, 6.07) is 0. The summed E-state index contributed by atoms with van der Waals surface area (Å²) in [4.78, 5) is 10.3. The van der Waals surface area contributed by atoms with Gasteiger partial charge in [0.1, 0.15) is 6.10 Å². The van der Waals surface area contributed by atoms with Gasteiger partial charge in [0.25, 0.3) is 6.47 Å². The van der Waals surface area contributed by atoms with E-state index >= 15 is 0 Å². The van der Waals surface area contributed by atoms with E-state index in [0.717, 1.165) is 37.9 Å². The highest BCUT2D eigenvalue weighted by Crippen LogP contribution is 2.32. The lowest BCUT2D eigenvalue weighted by atomic mass is 10.1. The van der Waals surface area contributed by atoms with E-state index in [9.17, 15) is 4.79 Å². The van der Waals surface area contributed by atoms with E-state index in [2.05, 4.69) is 6.58 Å². The lowest BCUT2D eigenvalue weighted by Crippen LogP contribution is -2.25. The highest BCUT2D eigenvalue weighted by Gasteiger charge is 2.31. The van der Waals surface area contributed by atoms with Crippen molar-refractivity contribution in [2.75, 3.05) is 13.2 Å². The van der Waals surface area contributed by atoms with Crippen LogP contribution in [-0.2, 0) is 19.0 Å². The molecule has 0 aromatic rings. The highest BCUT2D eigenvalue weighted by molar-refractivity contribution is 5.39. The van der Waals surface area contributed by atoms with Crippen molar-refractivity contribution in [1.82, 2.24) is 0 Å². The van der Waals surface area contributed by atoms with Gasteiger partial charge >= 0.3 is 0 Å². The Morgan fingerprint density at radius 3 is 2.94 bits per heavy atom. The molecule has 1 heterocycles. The Hall–Kier alpha value is -0.870. The highest BCUT2D eigenvalue weighted by atomic mass is 16.7. The zero-order valence-electron chi connectivity index (χ0n) is 10.1. The molecule has 1 aliphatic carbocycles. The number of ether oxygens (including phenoxy) is 3. The maximum absolute atomic E-state index is 10.3. The average molecular weight is 240 g/mol. The van der Waals surface area contributed by atoms with Crippen molar-refractivity contribution in [3.05, 3.63) is 12.2 Å². The second-order valence-corrected chi connectivity index (χ2v) is 4.70. The van der Waals surface area contributed by atoms with Crippen molar-refractivity contribution in [2.45, 2.75) is 44.5 Å². The molecule has 3 unspecified atom stereocenters. The number of rotatable bonds is 5. The van der Waals surface area contributed by atoms with Crippen molar-refractivity contribution < 1.29 is 19.0 Å². The molecular formula is C13H20O4. The first-order valence-corrected chi connectivity index (χ1v) is 6.32. The van der Waals surface area contributed by atoms with Crippen LogP contribution in [0.2, 0.25) is 0 Å². The quantitative estimate of drug-likeness (QED) is 0.545. The second-order valence-electron chi connectivity index (χ2n) is 4.70. The van der Waals surface area contributed by atoms with Crippen molar-refractivity contribution in [2.24, 2.45) is 5.92 Å². The molecule has 0 N–H and O–H groups in total. The number of hydrogen-bond acceptors (Lipinski definition) is 4. The molecule has 2 rings (SSSR count). The van der Waals surface area contributed by atoms with Gasteiger partial charge in [0.15, 0.2) is 6.29 Å². The maximum Gasteiger partial charge on any atom is 0.293 e. The molecule has 0 amide bonds. The van der Waals surface area contributed by atoms with Crippen molar-refractivity contribution in [3.63, 3.8) is 0 Å². The largest absolute Gasteiger partial charge is 0.460 e. The predicted molar refractivity (Wildman–Crippen MR) is 62.3 cm³/mol. The summed E-state index contributed by atoms with van der Waals surface area (Å²) in [7, 11) is 0. The summed E-state index contributed by atoms with van der Waals surface area (Å²) in [5.74, 6) is 0.297. The minimum absolute atomic E-state index is 0.0532. The van der Waals surface area contributed by atoms with E-state index in [1.807, 2.05) is 0 Å². The van der Waals surface area contributed by atoms with Gasteiger partial charge in [-0.25, -0.2) is 0 Å². The Morgan fingerprint density at radius 1 is 1.35 bits per heavy atom. The van der Waals surface area contributed by atoms with Crippen LogP contribution >= 0.6 is 0 Å². The molecule has 17 heavy (non-hydrogen) atoms. The standard InChI is InChI=1S/C13H20O4/c1-10-11(5-6-12(10)17-9-14)8-16-13-4-2-3-7-15-13/h9,11-13H,1-8H2. The molecular weight excluding hydrogens is 220 g/mol. The molecule has 0 spiro atoms. The zero-order valence-corrected chi connectivity index (χ0v) is 10.1. The Kier molecular flexibility index (Phi) is 4.57. The Morgan fingerprint density at radius 2 is 2.24 bits per heavy atom. The Labute approximate surface area is 102 Å². The van der Waals surface area contributed by atoms with Gasteiger partial charge in [-0.2, -0.15) is 0 Å². The van der Waals surface area contributed by atoms with Crippen molar-refractivity contribution in [3.8, 4) is 0 Å². The fraction of sp³-hybridized carbons (Fsp3) is 0.769. The van der Waals surface area contributed by atoms with Gasteiger partial charge in [0, 0.05) is 12.5 Å². The molecule has 0 aromatic carbocycles. The average Bonchev–Trinajstić information content (AvgIpc) is 2.70. The van der Waals surface area contributed by atoms with Crippen LogP contribution in [-0.4, -0.2) is 32.1 Å². The smallest absolute Gasteiger partial charge is 0.293 e. The fourth-order valence-corrected chi connectivity index (χ4v) is 2.47. The summed E-state index contributed by atoms with van der Waals surface area (Å²) >= 11 is 0. The third kappa shape index (κ3) is 3.30. The lowest BCUT2D eigenvalue weighted by Gasteiger charge is -2.24. The van der Waals surface area contributed by atoms with Crippen LogP contribution in [0.5, 0.6) is 0 Å². The molecule has 4 heteroatoms. The van der Waals surface area contributed by atoms with E-state index in [1.165, 1.54) is 6.42 Å². The van der Waals surface area contributed by atoms with Gasteiger partial charge in [0.05, 0.1) is 6.61 Å². The molecule has 1 saturated carbocycles. The first-order valence-electron chi connectivity index (χ1n) is 6.32. The van der Waals surface area contributed by atoms with Crippen LogP contribution in [0.4, 0.5) is 0 Å². The molecule has 96 valence electrons. The monoisotopic (exact) mass is 240 g/mol. The van der Waals surface area contributed by atoms with Crippen LogP contribution in [0.3, 0.4) is 0 Å². The van der Waals surface area contributed by atoms with Crippen LogP contribution in [0, 0.1) is 5.92 Å².